The fraction of sp³-hybridized carbons (Fsp3) is 0.353. The van der Waals surface area contributed by atoms with Crippen LogP contribution in [0, 0.1) is 0 Å². The van der Waals surface area contributed by atoms with Crippen LogP contribution >= 0.6 is 0 Å². The highest BCUT2D eigenvalue weighted by atomic mass is 16.5. The van der Waals surface area contributed by atoms with Crippen LogP contribution in [-0.2, 0) is 17.6 Å². The number of anilines is 2. The zero-order valence-electron chi connectivity index (χ0n) is 13.0. The van der Waals surface area contributed by atoms with Crippen LogP contribution in [0.5, 0.6) is 0 Å². The summed E-state index contributed by atoms with van der Waals surface area (Å²) in [5.41, 5.74) is 2.85. The van der Waals surface area contributed by atoms with Gasteiger partial charge in [0.25, 0.3) is 5.56 Å². The molecule has 0 saturated carbocycles. The Balaban J connectivity index is 1.78. The van der Waals surface area contributed by atoms with Gasteiger partial charge in [-0.2, -0.15) is 0 Å². The summed E-state index contributed by atoms with van der Waals surface area (Å²) in [5, 5.41) is 3.07. The van der Waals surface area contributed by atoms with Gasteiger partial charge in [-0.25, -0.2) is 9.78 Å². The summed E-state index contributed by atoms with van der Waals surface area (Å²) >= 11 is 0. The topological polar surface area (TPSA) is 84.1 Å². The summed E-state index contributed by atoms with van der Waals surface area (Å²) in [6.07, 6.45) is 3.75. The number of H-pyrrole nitrogens is 1. The molecule has 2 aromatic rings. The number of ether oxygens (including phenoxy) is 1. The Morgan fingerprint density at radius 3 is 2.74 bits per heavy atom. The van der Waals surface area contributed by atoms with Crippen molar-refractivity contribution in [2.75, 3.05) is 11.9 Å². The monoisotopic (exact) mass is 313 g/mol. The minimum atomic E-state index is -0.348. The van der Waals surface area contributed by atoms with Crippen molar-refractivity contribution in [3.05, 3.63) is 51.4 Å². The molecule has 0 bridgehead atoms. The molecule has 1 aromatic carbocycles. The number of nitrogens with one attached hydrogen (secondary N) is 2. The zero-order valence-corrected chi connectivity index (χ0v) is 13.0. The second-order valence-corrected chi connectivity index (χ2v) is 5.47. The lowest BCUT2D eigenvalue weighted by atomic mass is 9.97. The molecule has 2 N–H and O–H groups in total. The summed E-state index contributed by atoms with van der Waals surface area (Å²) in [4.78, 5) is 31.0. The second-order valence-electron chi connectivity index (χ2n) is 5.47. The van der Waals surface area contributed by atoms with Crippen LogP contribution in [-0.4, -0.2) is 22.5 Å². The van der Waals surface area contributed by atoms with Gasteiger partial charge < -0.3 is 10.1 Å². The Morgan fingerprint density at radius 1 is 1.26 bits per heavy atom. The summed E-state index contributed by atoms with van der Waals surface area (Å²) in [6.45, 7) is 2.12. The molecule has 23 heavy (non-hydrogen) atoms. The number of carbonyl (C=O) groups excluding carboxylic acids is 1. The van der Waals surface area contributed by atoms with E-state index >= 15 is 0 Å². The molecule has 0 unspecified atom stereocenters. The second kappa shape index (κ2) is 6.64. The fourth-order valence-electron chi connectivity index (χ4n) is 2.70. The van der Waals surface area contributed by atoms with Crippen molar-refractivity contribution in [1.82, 2.24) is 9.97 Å². The quantitative estimate of drug-likeness (QED) is 0.848. The number of carbonyl (C=O) groups is 1. The van der Waals surface area contributed by atoms with Crippen LogP contribution in [0.4, 0.5) is 11.6 Å². The van der Waals surface area contributed by atoms with E-state index < -0.39 is 0 Å². The first kappa shape index (κ1) is 15.3. The number of aromatic nitrogens is 2. The number of fused-ring (bicyclic) bond motifs is 1. The number of rotatable bonds is 4. The van der Waals surface area contributed by atoms with E-state index in [-0.39, 0.29) is 11.5 Å². The lowest BCUT2D eigenvalue weighted by Gasteiger charge is -2.15. The Morgan fingerprint density at radius 2 is 2.00 bits per heavy atom. The Kier molecular flexibility index (Phi) is 4.41. The van der Waals surface area contributed by atoms with Crippen LogP contribution in [0.2, 0.25) is 0 Å². The highest BCUT2D eigenvalue weighted by Gasteiger charge is 2.15. The van der Waals surface area contributed by atoms with Gasteiger partial charge in [0.2, 0.25) is 5.95 Å². The number of benzene rings is 1. The summed E-state index contributed by atoms with van der Waals surface area (Å²) < 4.78 is 4.94. The first-order chi connectivity index (χ1) is 11.2. The van der Waals surface area contributed by atoms with E-state index in [2.05, 4.69) is 15.3 Å². The molecule has 0 aliphatic heterocycles. The van der Waals surface area contributed by atoms with Crippen molar-refractivity contribution in [2.24, 2.45) is 0 Å². The highest BCUT2D eigenvalue weighted by molar-refractivity contribution is 5.89. The van der Waals surface area contributed by atoms with Crippen molar-refractivity contribution in [3.8, 4) is 0 Å². The summed E-state index contributed by atoms with van der Waals surface area (Å²) in [6, 6.07) is 6.87. The Hall–Kier alpha value is -2.63. The number of aromatic amines is 1. The molecule has 0 spiro atoms. The van der Waals surface area contributed by atoms with E-state index in [4.69, 9.17) is 4.74 Å². The first-order valence-electron chi connectivity index (χ1n) is 7.83. The van der Waals surface area contributed by atoms with Gasteiger partial charge in [-0.1, -0.05) is 0 Å². The van der Waals surface area contributed by atoms with Gasteiger partial charge in [0, 0.05) is 11.3 Å². The van der Waals surface area contributed by atoms with Gasteiger partial charge in [-0.3, -0.25) is 9.78 Å². The minimum absolute atomic E-state index is 0.0691. The van der Waals surface area contributed by atoms with Gasteiger partial charge in [-0.15, -0.1) is 0 Å². The summed E-state index contributed by atoms with van der Waals surface area (Å²) in [7, 11) is 0. The van der Waals surface area contributed by atoms with E-state index in [0.29, 0.717) is 18.1 Å². The van der Waals surface area contributed by atoms with Crippen molar-refractivity contribution in [3.63, 3.8) is 0 Å². The van der Waals surface area contributed by atoms with Gasteiger partial charge in [0.05, 0.1) is 17.9 Å². The smallest absolute Gasteiger partial charge is 0.338 e. The maximum absolute atomic E-state index is 12.1. The molecule has 0 saturated heterocycles. The molecule has 1 aliphatic carbocycles. The average Bonchev–Trinajstić information content (AvgIpc) is 2.56. The van der Waals surface area contributed by atoms with E-state index in [1.165, 1.54) is 0 Å². The number of nitrogens with zero attached hydrogens (tertiary/aromatic N) is 1. The average molecular weight is 313 g/mol. The predicted octanol–water partition coefficient (Wildman–Crippen LogP) is 2.57. The maximum atomic E-state index is 12.1. The molecule has 120 valence electrons. The van der Waals surface area contributed by atoms with Crippen LogP contribution in [0.15, 0.2) is 29.1 Å². The third-order valence-corrected chi connectivity index (χ3v) is 3.85. The van der Waals surface area contributed by atoms with Crippen LogP contribution in [0.25, 0.3) is 0 Å². The van der Waals surface area contributed by atoms with Crippen LogP contribution in [0.3, 0.4) is 0 Å². The van der Waals surface area contributed by atoms with Crippen LogP contribution in [0.1, 0.15) is 41.4 Å². The third-order valence-electron chi connectivity index (χ3n) is 3.85. The van der Waals surface area contributed by atoms with Gasteiger partial charge in [0.1, 0.15) is 0 Å². The first-order valence-corrected chi connectivity index (χ1v) is 7.83. The van der Waals surface area contributed by atoms with Gasteiger partial charge in [-0.05, 0) is 56.9 Å². The molecule has 1 aromatic heterocycles. The third kappa shape index (κ3) is 3.41. The van der Waals surface area contributed by atoms with E-state index in [9.17, 15) is 9.59 Å². The number of hydrogen-bond acceptors (Lipinski definition) is 5. The molecule has 0 fully saturated rings. The molecule has 0 radical (unpaired) electrons. The molecular weight excluding hydrogens is 294 g/mol. The van der Waals surface area contributed by atoms with E-state index in [1.54, 1.807) is 31.2 Å². The Bertz CT molecular complexity index is 766. The molecule has 6 heteroatoms. The number of aryl methyl sites for hydroxylation is 1. The van der Waals surface area contributed by atoms with Gasteiger partial charge >= 0.3 is 5.97 Å². The highest BCUT2D eigenvalue weighted by Crippen LogP contribution is 2.19. The van der Waals surface area contributed by atoms with Crippen molar-refractivity contribution >= 4 is 17.6 Å². The number of hydrogen-bond donors (Lipinski definition) is 2. The molecule has 3 rings (SSSR count). The molecule has 6 nitrogen and oxygen atoms in total. The number of esters is 1. The van der Waals surface area contributed by atoms with Crippen LogP contribution < -0.4 is 10.9 Å². The molecule has 0 amide bonds. The Labute approximate surface area is 133 Å². The lowest BCUT2D eigenvalue weighted by Crippen LogP contribution is -2.22. The molecule has 1 aliphatic rings. The summed E-state index contributed by atoms with van der Waals surface area (Å²) in [5.74, 6) is 0.0823. The van der Waals surface area contributed by atoms with Crippen molar-refractivity contribution in [2.45, 2.75) is 32.6 Å². The van der Waals surface area contributed by atoms with Crippen molar-refractivity contribution < 1.29 is 9.53 Å². The van der Waals surface area contributed by atoms with Crippen molar-refractivity contribution in [1.29, 1.82) is 0 Å². The van der Waals surface area contributed by atoms with E-state index in [0.717, 1.165) is 42.6 Å². The minimum Gasteiger partial charge on any atom is -0.462 e. The fourth-order valence-corrected chi connectivity index (χ4v) is 2.70. The molecular formula is C17H19N3O3. The zero-order chi connectivity index (χ0) is 16.2. The molecule has 0 atom stereocenters. The lowest BCUT2D eigenvalue weighted by molar-refractivity contribution is 0.0526. The van der Waals surface area contributed by atoms with E-state index in [1.807, 2.05) is 0 Å². The largest absolute Gasteiger partial charge is 0.462 e. The van der Waals surface area contributed by atoms with Gasteiger partial charge in [0.15, 0.2) is 0 Å². The standard InChI is InChI=1S/C17H19N3O3/c1-2-23-16(22)11-7-9-12(10-8-11)18-17-19-14-6-4-3-5-13(14)15(21)20-17/h7-10H,2-6H2,1H3,(H2,18,19,20,21). The molecule has 1 heterocycles. The normalized spacial score (nSPS) is 13.3. The maximum Gasteiger partial charge on any atom is 0.338 e. The predicted molar refractivity (Wildman–Crippen MR) is 87.2 cm³/mol. The SMILES string of the molecule is CCOC(=O)c1ccc(Nc2nc3c(c(=O)[nH]2)CCCC3)cc1.